The van der Waals surface area contributed by atoms with E-state index in [0.717, 1.165) is 0 Å². The predicted octanol–water partition coefficient (Wildman–Crippen LogP) is 3.61. The van der Waals surface area contributed by atoms with Gasteiger partial charge in [0.05, 0.1) is 0 Å². The Hall–Kier alpha value is -1.46. The van der Waals surface area contributed by atoms with Gasteiger partial charge in [0.1, 0.15) is 11.4 Å². The van der Waals surface area contributed by atoms with Crippen LogP contribution in [0.1, 0.15) is 65.5 Å². The summed E-state index contributed by atoms with van der Waals surface area (Å²) in [5, 5.41) is 21.1. The molecule has 116 valence electrons. The van der Waals surface area contributed by atoms with E-state index >= 15 is 0 Å². The topological polar surface area (TPSA) is 40.5 Å². The Morgan fingerprint density at radius 1 is 1.45 bits per heavy atom. The van der Waals surface area contributed by atoms with Crippen LogP contribution in [0.3, 0.4) is 0 Å². The van der Waals surface area contributed by atoms with Crippen molar-refractivity contribution in [2.75, 3.05) is 0 Å². The van der Waals surface area contributed by atoms with Gasteiger partial charge < -0.3 is 10.2 Å². The molecule has 1 unspecified atom stereocenters. The van der Waals surface area contributed by atoms with E-state index in [9.17, 15) is 10.2 Å². The zero-order valence-electron chi connectivity index (χ0n) is 19.4. The highest BCUT2D eigenvalue weighted by atomic mass is 16.3. The molecule has 3 aliphatic rings. The molecule has 0 aromatic heterocycles. The van der Waals surface area contributed by atoms with Crippen LogP contribution in [0.4, 0.5) is 0 Å². The van der Waals surface area contributed by atoms with Gasteiger partial charge in [0, 0.05) is 15.0 Å². The summed E-state index contributed by atoms with van der Waals surface area (Å²) in [6.07, 6.45) is -2.60. The molecule has 0 spiro atoms. The molecule has 2 N–H and O–H groups in total. The maximum atomic E-state index is 11.2. The van der Waals surface area contributed by atoms with Gasteiger partial charge >= 0.3 is 0 Å². The average molecular weight is 303 g/mol. The third-order valence-corrected chi connectivity index (χ3v) is 5.82. The second kappa shape index (κ2) is 4.52. The first-order valence-corrected chi connectivity index (χ1v) is 7.61. The minimum absolute atomic E-state index is 0.0258. The van der Waals surface area contributed by atoms with Crippen molar-refractivity contribution in [3.8, 4) is 18.1 Å². The van der Waals surface area contributed by atoms with Crippen molar-refractivity contribution >= 4 is 0 Å². The normalized spacial score (nSPS) is 57.8. The molecule has 0 amide bonds. The first-order chi connectivity index (χ1) is 13.2. The molecule has 0 radical (unpaired) electrons. The minimum atomic E-state index is -2.47. The van der Waals surface area contributed by atoms with E-state index in [4.69, 9.17) is 16.0 Å². The SMILES string of the molecule is [2H]C1C[C@@]2(C)[C@@H](CC([2H])([2H])[C@@]2(O)C#C)[C@H]2[C@H]1c1ccc(O)cc1C([2H])([2H])C2([2H])[2H]. The van der Waals surface area contributed by atoms with Crippen LogP contribution < -0.4 is 0 Å². The van der Waals surface area contributed by atoms with Gasteiger partial charge in [-0.05, 0) is 79.4 Å². The first-order valence-electron chi connectivity index (χ1n) is 11.2. The number of aromatic hydroxyl groups is 1. The Bertz CT molecular complexity index is 924. The molecule has 22 heavy (non-hydrogen) atoms. The molecule has 0 aliphatic heterocycles. The zero-order chi connectivity index (χ0) is 21.8. The number of phenols is 1. The van der Waals surface area contributed by atoms with Crippen LogP contribution in [-0.4, -0.2) is 15.8 Å². The van der Waals surface area contributed by atoms with Crippen LogP contribution in [0.5, 0.6) is 5.75 Å². The van der Waals surface area contributed by atoms with E-state index in [1.54, 1.807) is 6.92 Å². The number of benzene rings is 1. The zero-order valence-corrected chi connectivity index (χ0v) is 12.4. The highest BCUT2D eigenvalue weighted by molar-refractivity contribution is 5.40. The lowest BCUT2D eigenvalue weighted by Crippen LogP contribution is -2.50. The molecule has 2 saturated carbocycles. The number of terminal acetylenes is 1. The molecule has 0 bridgehead atoms. The van der Waals surface area contributed by atoms with Crippen molar-refractivity contribution in [2.45, 2.75) is 56.8 Å². The monoisotopic (exact) mass is 303 g/mol. The van der Waals surface area contributed by atoms with E-state index in [-0.39, 0.29) is 24.2 Å². The van der Waals surface area contributed by atoms with Crippen molar-refractivity contribution in [3.63, 3.8) is 0 Å². The first kappa shape index (κ1) is 8.41. The Balaban J connectivity index is 1.99. The van der Waals surface area contributed by atoms with Crippen molar-refractivity contribution in [2.24, 2.45) is 17.3 Å². The lowest BCUT2D eigenvalue weighted by atomic mass is 9.53. The van der Waals surface area contributed by atoms with Crippen LogP contribution in [0.15, 0.2) is 18.2 Å². The molecule has 0 saturated heterocycles. The van der Waals surface area contributed by atoms with Crippen molar-refractivity contribution < 1.29 is 19.8 Å². The fourth-order valence-electron chi connectivity index (χ4n) is 4.38. The van der Waals surface area contributed by atoms with Gasteiger partial charge in [-0.2, -0.15) is 0 Å². The molecule has 2 heteroatoms. The van der Waals surface area contributed by atoms with Gasteiger partial charge in [-0.15, -0.1) is 6.42 Å². The molecule has 2 fully saturated rings. The number of hydrogen-bond donors (Lipinski definition) is 2. The average Bonchev–Trinajstić information content (AvgIpc) is 2.76. The van der Waals surface area contributed by atoms with Gasteiger partial charge in [0.2, 0.25) is 0 Å². The number of phenolic OH excluding ortho intramolecular Hbond substituents is 1. The lowest BCUT2D eigenvalue weighted by Gasteiger charge is -2.52. The summed E-state index contributed by atoms with van der Waals surface area (Å²) in [7, 11) is 0. The summed E-state index contributed by atoms with van der Waals surface area (Å²) in [4.78, 5) is 0. The largest absolute Gasteiger partial charge is 0.508 e. The quantitative estimate of drug-likeness (QED) is 0.719. The number of hydrogen-bond acceptors (Lipinski definition) is 2. The summed E-state index contributed by atoms with van der Waals surface area (Å²) in [5.74, 6) is -0.465. The highest BCUT2D eigenvalue weighted by Gasteiger charge is 2.61. The van der Waals surface area contributed by atoms with Crippen molar-refractivity contribution in [1.82, 2.24) is 0 Å². The fraction of sp³-hybridized carbons (Fsp3) is 0.600. The Morgan fingerprint density at radius 2 is 2.27 bits per heavy atom. The van der Waals surface area contributed by atoms with Crippen LogP contribution in [0.2, 0.25) is 0 Å². The summed E-state index contributed by atoms with van der Waals surface area (Å²) in [6, 6.07) is 4.16. The third kappa shape index (κ3) is 1.66. The van der Waals surface area contributed by atoms with Gasteiger partial charge in [0.25, 0.3) is 0 Å². The third-order valence-electron chi connectivity index (χ3n) is 5.82. The van der Waals surface area contributed by atoms with Crippen molar-refractivity contribution in [1.29, 1.82) is 0 Å². The highest BCUT2D eigenvalue weighted by Crippen LogP contribution is 2.64. The van der Waals surface area contributed by atoms with Crippen LogP contribution in [0.25, 0.3) is 0 Å². The smallest absolute Gasteiger partial charge is 0.130 e. The fourth-order valence-corrected chi connectivity index (χ4v) is 4.38. The minimum Gasteiger partial charge on any atom is -0.508 e. The van der Waals surface area contributed by atoms with Crippen LogP contribution in [-0.2, 0) is 6.37 Å². The predicted molar refractivity (Wildman–Crippen MR) is 86.5 cm³/mol. The number of aliphatic hydroxyl groups is 1. The number of rotatable bonds is 0. The molecule has 4 rings (SSSR count). The molecule has 3 aliphatic carbocycles. The summed E-state index contributed by atoms with van der Waals surface area (Å²) < 4.78 is 60.3. The van der Waals surface area contributed by atoms with Gasteiger partial charge in [0.15, 0.2) is 0 Å². The molecule has 1 aromatic rings. The Labute approximate surface area is 142 Å². The maximum Gasteiger partial charge on any atom is 0.130 e. The number of aryl methyl sites for hydroxylation is 1. The molecule has 0 heterocycles. The van der Waals surface area contributed by atoms with Crippen LogP contribution in [0, 0.1) is 29.6 Å². The Kier molecular flexibility index (Phi) is 1.73. The second-order valence-electron chi connectivity index (χ2n) is 6.79. The maximum absolute atomic E-state index is 11.2. The molecule has 2 nitrogen and oxygen atoms in total. The van der Waals surface area contributed by atoms with E-state index in [2.05, 4.69) is 5.92 Å². The van der Waals surface area contributed by atoms with Crippen LogP contribution >= 0.6 is 0 Å². The van der Waals surface area contributed by atoms with E-state index < -0.39 is 54.3 Å². The summed E-state index contributed by atoms with van der Waals surface area (Å²) in [5.41, 5.74) is -2.95. The molecule has 6 atom stereocenters. The number of fused-ring (bicyclic) bond motifs is 5. The molecule has 1 aromatic carbocycles. The summed E-state index contributed by atoms with van der Waals surface area (Å²) >= 11 is 0. The molecular weight excluding hydrogens is 272 g/mol. The second-order valence-corrected chi connectivity index (χ2v) is 6.79. The van der Waals surface area contributed by atoms with Gasteiger partial charge in [-0.1, -0.05) is 18.9 Å². The van der Waals surface area contributed by atoms with Gasteiger partial charge in [-0.25, -0.2) is 0 Å². The van der Waals surface area contributed by atoms with E-state index in [1.165, 1.54) is 18.2 Å². The Morgan fingerprint density at radius 3 is 3.05 bits per heavy atom. The molecular formula is C20H24O2. The van der Waals surface area contributed by atoms with Crippen molar-refractivity contribution in [3.05, 3.63) is 29.3 Å². The lowest BCUT2D eigenvalue weighted by molar-refractivity contribution is -0.0646. The van der Waals surface area contributed by atoms with E-state index in [0.29, 0.717) is 5.56 Å². The standard InChI is InChI=1S/C20H24O2/c1-3-20(22)11-9-18-17-6-4-13-12-14(21)5-7-15(13)16(17)8-10-19(18,20)2/h1,5,7,12,16-18,21-22H,4,6,8-11H2,2H3/t16-,17-,18+,19+,20+/m1/s1/i4D2,6D2,8D,11D2/t8?,16-,17-,18+,19+,20+. The van der Waals surface area contributed by atoms with E-state index in [1.807, 2.05) is 0 Å². The van der Waals surface area contributed by atoms with Gasteiger partial charge in [-0.3, -0.25) is 0 Å². The summed E-state index contributed by atoms with van der Waals surface area (Å²) in [6.45, 7) is 1.61.